The molecule has 66 valence electrons. The molecule has 0 bridgehead atoms. The van der Waals surface area contributed by atoms with E-state index in [9.17, 15) is 9.18 Å². The Morgan fingerprint density at radius 3 is 2.77 bits per heavy atom. The van der Waals surface area contributed by atoms with Crippen molar-refractivity contribution in [1.82, 2.24) is 0 Å². The molecule has 2 rings (SSSR count). The maximum absolute atomic E-state index is 13.1. The van der Waals surface area contributed by atoms with E-state index in [1.165, 1.54) is 12.1 Å². The predicted octanol–water partition coefficient (Wildman–Crippen LogP) is 1.13. The van der Waals surface area contributed by atoms with Gasteiger partial charge in [-0.15, -0.1) is 0 Å². The van der Waals surface area contributed by atoms with Crippen molar-refractivity contribution in [2.45, 2.75) is 0 Å². The average molecular weight is 179 g/mol. The Hall–Kier alpha value is -1.71. The van der Waals surface area contributed by atoms with Crippen molar-refractivity contribution < 1.29 is 13.9 Å². The van der Waals surface area contributed by atoms with Crippen molar-refractivity contribution in [1.29, 1.82) is 0 Å². The van der Waals surface area contributed by atoms with Crippen LogP contribution in [-0.4, -0.2) is 18.4 Å². The molecule has 1 aliphatic heterocycles. The molecule has 0 spiro atoms. The quantitative estimate of drug-likeness (QED) is 0.606. The molecule has 0 N–H and O–H groups in total. The highest BCUT2D eigenvalue weighted by molar-refractivity contribution is 6.04. The van der Waals surface area contributed by atoms with E-state index in [-0.39, 0.29) is 18.0 Å². The summed E-state index contributed by atoms with van der Waals surface area (Å²) in [7, 11) is 0. The SMILES string of the molecule is O=C1CN=C(c2ccccc2F)O1. The molecule has 1 aromatic rings. The summed E-state index contributed by atoms with van der Waals surface area (Å²) in [6.45, 7) is -0.0241. The molecular weight excluding hydrogens is 173 g/mol. The first-order chi connectivity index (χ1) is 6.27. The number of rotatable bonds is 1. The second-order valence-electron chi connectivity index (χ2n) is 2.58. The minimum atomic E-state index is -0.446. The van der Waals surface area contributed by atoms with Gasteiger partial charge in [-0.3, -0.25) is 0 Å². The predicted molar refractivity (Wildman–Crippen MR) is 43.9 cm³/mol. The number of cyclic esters (lactones) is 1. The van der Waals surface area contributed by atoms with Gasteiger partial charge in [-0.05, 0) is 12.1 Å². The first kappa shape index (κ1) is 7.91. The molecule has 0 aliphatic carbocycles. The average Bonchev–Trinajstić information content (AvgIpc) is 2.53. The molecule has 1 aliphatic rings. The van der Waals surface area contributed by atoms with Crippen molar-refractivity contribution in [3.05, 3.63) is 35.6 Å². The third-order valence-electron chi connectivity index (χ3n) is 1.67. The summed E-state index contributed by atoms with van der Waals surface area (Å²) in [6, 6.07) is 6.04. The lowest BCUT2D eigenvalue weighted by atomic mass is 10.2. The molecule has 0 amide bonds. The van der Waals surface area contributed by atoms with Gasteiger partial charge in [-0.1, -0.05) is 12.1 Å². The van der Waals surface area contributed by atoms with Gasteiger partial charge in [0.1, 0.15) is 12.4 Å². The van der Waals surface area contributed by atoms with Crippen LogP contribution in [0.2, 0.25) is 0 Å². The van der Waals surface area contributed by atoms with Gasteiger partial charge in [0.15, 0.2) is 0 Å². The first-order valence-corrected chi connectivity index (χ1v) is 3.77. The summed E-state index contributed by atoms with van der Waals surface area (Å²) < 4.78 is 17.8. The van der Waals surface area contributed by atoms with Crippen LogP contribution in [0.4, 0.5) is 4.39 Å². The Morgan fingerprint density at radius 1 is 1.38 bits per heavy atom. The lowest BCUT2D eigenvalue weighted by Gasteiger charge is -2.00. The zero-order chi connectivity index (χ0) is 9.26. The van der Waals surface area contributed by atoms with Crippen LogP contribution >= 0.6 is 0 Å². The Labute approximate surface area is 73.9 Å². The van der Waals surface area contributed by atoms with Gasteiger partial charge in [0, 0.05) is 0 Å². The molecule has 4 heteroatoms. The minimum Gasteiger partial charge on any atom is -0.406 e. The number of nitrogens with zero attached hydrogens (tertiary/aromatic N) is 1. The smallest absolute Gasteiger partial charge is 0.334 e. The van der Waals surface area contributed by atoms with Gasteiger partial charge < -0.3 is 4.74 Å². The highest BCUT2D eigenvalue weighted by atomic mass is 19.1. The fourth-order valence-electron chi connectivity index (χ4n) is 1.08. The largest absolute Gasteiger partial charge is 0.406 e. The number of esters is 1. The van der Waals surface area contributed by atoms with Crippen LogP contribution < -0.4 is 0 Å². The van der Waals surface area contributed by atoms with Crippen LogP contribution in [-0.2, 0) is 9.53 Å². The van der Waals surface area contributed by atoms with Crippen molar-refractivity contribution >= 4 is 11.9 Å². The minimum absolute atomic E-state index is 0.0241. The van der Waals surface area contributed by atoms with Crippen LogP contribution in [0.5, 0.6) is 0 Å². The number of halogens is 1. The van der Waals surface area contributed by atoms with E-state index >= 15 is 0 Å². The Kier molecular flexibility index (Phi) is 1.81. The number of hydrogen-bond acceptors (Lipinski definition) is 3. The van der Waals surface area contributed by atoms with Crippen LogP contribution in [0.3, 0.4) is 0 Å². The normalized spacial score (nSPS) is 15.5. The standard InChI is InChI=1S/C9H6FNO2/c10-7-4-2-1-3-6(7)9-11-5-8(12)13-9/h1-4H,5H2. The molecule has 1 aromatic carbocycles. The Morgan fingerprint density at radius 2 is 2.15 bits per heavy atom. The Bertz CT molecular complexity index is 387. The number of carbonyl (C=O) groups excluding carboxylic acids is 1. The molecule has 0 atom stereocenters. The van der Waals surface area contributed by atoms with E-state index in [2.05, 4.69) is 4.99 Å². The Balaban J connectivity index is 2.37. The van der Waals surface area contributed by atoms with E-state index < -0.39 is 11.8 Å². The van der Waals surface area contributed by atoms with Crippen molar-refractivity contribution in [2.75, 3.05) is 6.54 Å². The van der Waals surface area contributed by atoms with E-state index in [1.807, 2.05) is 0 Å². The zero-order valence-corrected chi connectivity index (χ0v) is 6.66. The van der Waals surface area contributed by atoms with Gasteiger partial charge in [0.05, 0.1) is 5.56 Å². The van der Waals surface area contributed by atoms with Crippen LogP contribution in [0.15, 0.2) is 29.3 Å². The highest BCUT2D eigenvalue weighted by Gasteiger charge is 2.19. The van der Waals surface area contributed by atoms with E-state index in [1.54, 1.807) is 12.1 Å². The molecule has 0 fully saturated rings. The van der Waals surface area contributed by atoms with Crippen molar-refractivity contribution in [3.63, 3.8) is 0 Å². The second kappa shape index (κ2) is 2.97. The molecule has 0 unspecified atom stereocenters. The lowest BCUT2D eigenvalue weighted by Crippen LogP contribution is -2.07. The molecular formula is C9H6FNO2. The number of benzene rings is 1. The summed E-state index contributed by atoms with van der Waals surface area (Å²) in [6.07, 6.45) is 0. The summed E-state index contributed by atoms with van der Waals surface area (Å²) in [5.41, 5.74) is 0.230. The van der Waals surface area contributed by atoms with Gasteiger partial charge in [0.2, 0.25) is 5.90 Å². The summed E-state index contributed by atoms with van der Waals surface area (Å²) in [5.74, 6) is -0.808. The molecule has 0 saturated heterocycles. The monoisotopic (exact) mass is 179 g/mol. The number of hydrogen-bond donors (Lipinski definition) is 0. The van der Waals surface area contributed by atoms with Gasteiger partial charge in [0.25, 0.3) is 0 Å². The third kappa shape index (κ3) is 1.42. The molecule has 0 aromatic heterocycles. The van der Waals surface area contributed by atoms with Crippen LogP contribution in [0.1, 0.15) is 5.56 Å². The maximum atomic E-state index is 13.1. The molecule has 0 radical (unpaired) electrons. The topological polar surface area (TPSA) is 38.7 Å². The number of carbonyl (C=O) groups is 1. The van der Waals surface area contributed by atoms with Gasteiger partial charge in [-0.2, -0.15) is 0 Å². The first-order valence-electron chi connectivity index (χ1n) is 3.77. The van der Waals surface area contributed by atoms with Crippen LogP contribution in [0, 0.1) is 5.82 Å². The second-order valence-corrected chi connectivity index (χ2v) is 2.58. The fraction of sp³-hybridized carbons (Fsp3) is 0.111. The van der Waals surface area contributed by atoms with Crippen molar-refractivity contribution in [2.24, 2.45) is 4.99 Å². The van der Waals surface area contributed by atoms with Gasteiger partial charge in [-0.25, -0.2) is 14.2 Å². The molecule has 3 nitrogen and oxygen atoms in total. The summed E-state index contributed by atoms with van der Waals surface area (Å²) in [5, 5.41) is 0. The molecule has 1 heterocycles. The highest BCUT2D eigenvalue weighted by Crippen LogP contribution is 2.11. The van der Waals surface area contributed by atoms with E-state index in [4.69, 9.17) is 4.74 Å². The molecule has 0 saturated carbocycles. The fourth-order valence-corrected chi connectivity index (χ4v) is 1.08. The van der Waals surface area contributed by atoms with Crippen LogP contribution in [0.25, 0.3) is 0 Å². The number of ether oxygens (including phenoxy) is 1. The van der Waals surface area contributed by atoms with E-state index in [0.29, 0.717) is 0 Å². The third-order valence-corrected chi connectivity index (χ3v) is 1.67. The maximum Gasteiger partial charge on any atom is 0.334 e. The number of aliphatic imine (C=N–C) groups is 1. The molecule has 13 heavy (non-hydrogen) atoms. The summed E-state index contributed by atoms with van der Waals surface area (Å²) in [4.78, 5) is 14.4. The van der Waals surface area contributed by atoms with Crippen molar-refractivity contribution in [3.8, 4) is 0 Å². The lowest BCUT2D eigenvalue weighted by molar-refractivity contribution is -0.132. The van der Waals surface area contributed by atoms with Gasteiger partial charge >= 0.3 is 5.97 Å². The summed E-state index contributed by atoms with van der Waals surface area (Å²) >= 11 is 0. The zero-order valence-electron chi connectivity index (χ0n) is 6.66. The van der Waals surface area contributed by atoms with E-state index in [0.717, 1.165) is 0 Å².